The maximum absolute atomic E-state index is 11.3. The number of hydrogen-bond donors (Lipinski definition) is 2. The van der Waals surface area contributed by atoms with Gasteiger partial charge in [-0.3, -0.25) is 0 Å². The summed E-state index contributed by atoms with van der Waals surface area (Å²) < 4.78 is 10.2. The maximum atomic E-state index is 11.3. The number of aliphatic hydroxyl groups is 1. The normalized spacial score (nSPS) is 16.7. The van der Waals surface area contributed by atoms with Crippen LogP contribution in [0.3, 0.4) is 0 Å². The number of nitrogens with two attached hydrogens (primary N) is 1. The van der Waals surface area contributed by atoms with Gasteiger partial charge in [-0.15, -0.1) is 0 Å². The molecule has 1 aliphatic carbocycles. The topological polar surface area (TPSA) is 72.4 Å². The molecule has 5 heteroatoms. The van der Waals surface area contributed by atoms with Crippen molar-refractivity contribution in [3.63, 3.8) is 0 Å². The highest BCUT2D eigenvalue weighted by molar-refractivity contribution is 5.89. The van der Waals surface area contributed by atoms with Crippen LogP contribution >= 0.6 is 0 Å². The smallest absolute Gasteiger partial charge is 0.337 e. The van der Waals surface area contributed by atoms with Crippen molar-refractivity contribution < 1.29 is 24.7 Å². The van der Waals surface area contributed by atoms with E-state index in [4.69, 9.17) is 4.74 Å². The molecule has 1 atom stereocenters. The average Bonchev–Trinajstić information content (AvgIpc) is 3.04. The molecule has 0 radical (unpaired) electrons. The van der Waals surface area contributed by atoms with E-state index in [-0.39, 0.29) is 12.6 Å². The average molecular weight is 294 g/mol. The minimum atomic E-state index is -0.481. The highest BCUT2D eigenvalue weighted by Crippen LogP contribution is 2.14. The van der Waals surface area contributed by atoms with Crippen molar-refractivity contribution in [1.29, 1.82) is 0 Å². The number of carbonyl (C=O) groups excluding carboxylic acids is 1. The molecule has 0 unspecified atom stereocenters. The van der Waals surface area contributed by atoms with Gasteiger partial charge in [-0.1, -0.05) is 0 Å². The van der Waals surface area contributed by atoms with Gasteiger partial charge in [-0.05, 0) is 49.9 Å². The van der Waals surface area contributed by atoms with Gasteiger partial charge in [0.15, 0.2) is 0 Å². The number of quaternary nitrogens is 1. The first-order chi connectivity index (χ1) is 10.2. The van der Waals surface area contributed by atoms with Gasteiger partial charge >= 0.3 is 5.97 Å². The molecule has 0 spiro atoms. The largest absolute Gasteiger partial charge is 0.491 e. The number of rotatable bonds is 7. The van der Waals surface area contributed by atoms with Gasteiger partial charge in [0.1, 0.15) is 25.0 Å². The highest BCUT2D eigenvalue weighted by atomic mass is 16.5. The lowest BCUT2D eigenvalue weighted by molar-refractivity contribution is -0.693. The van der Waals surface area contributed by atoms with Crippen LogP contribution in [0, 0.1) is 0 Å². The molecule has 21 heavy (non-hydrogen) atoms. The molecule has 116 valence electrons. The van der Waals surface area contributed by atoms with E-state index >= 15 is 0 Å². The zero-order valence-corrected chi connectivity index (χ0v) is 12.5. The Balaban J connectivity index is 1.70. The van der Waals surface area contributed by atoms with Crippen molar-refractivity contribution in [3.05, 3.63) is 29.8 Å². The number of methoxy groups -OCH3 is 1. The van der Waals surface area contributed by atoms with Crippen LogP contribution in [0.2, 0.25) is 0 Å². The van der Waals surface area contributed by atoms with Gasteiger partial charge in [0.2, 0.25) is 0 Å². The Hall–Kier alpha value is -1.59. The van der Waals surface area contributed by atoms with Crippen molar-refractivity contribution in [1.82, 2.24) is 0 Å². The summed E-state index contributed by atoms with van der Waals surface area (Å²) in [7, 11) is 1.35. The Morgan fingerprint density at radius 3 is 2.62 bits per heavy atom. The Morgan fingerprint density at radius 1 is 1.33 bits per heavy atom. The Morgan fingerprint density at radius 2 is 2.00 bits per heavy atom. The first-order valence-electron chi connectivity index (χ1n) is 7.51. The molecule has 1 aliphatic rings. The molecule has 0 amide bonds. The van der Waals surface area contributed by atoms with Crippen molar-refractivity contribution in [2.45, 2.75) is 37.8 Å². The molecule has 2 rings (SSSR count). The molecular formula is C16H24NO4+. The van der Waals surface area contributed by atoms with E-state index in [9.17, 15) is 9.90 Å². The molecule has 0 saturated heterocycles. The zero-order chi connectivity index (χ0) is 15.1. The third-order valence-electron chi connectivity index (χ3n) is 3.86. The Bertz CT molecular complexity index is 440. The van der Waals surface area contributed by atoms with Crippen LogP contribution in [0.5, 0.6) is 5.75 Å². The number of esters is 1. The number of hydrogen-bond acceptors (Lipinski definition) is 4. The van der Waals surface area contributed by atoms with Gasteiger partial charge in [0, 0.05) is 0 Å². The summed E-state index contributed by atoms with van der Waals surface area (Å²) in [6.45, 7) is 0.936. The molecule has 3 N–H and O–H groups in total. The first-order valence-corrected chi connectivity index (χ1v) is 7.51. The third kappa shape index (κ3) is 5.02. The molecule has 1 fully saturated rings. The molecule has 0 bridgehead atoms. The van der Waals surface area contributed by atoms with Crippen LogP contribution in [-0.4, -0.2) is 43.5 Å². The second-order valence-electron chi connectivity index (χ2n) is 5.50. The predicted molar refractivity (Wildman–Crippen MR) is 78.3 cm³/mol. The fraction of sp³-hybridized carbons (Fsp3) is 0.562. The monoisotopic (exact) mass is 294 g/mol. The lowest BCUT2D eigenvalue weighted by Crippen LogP contribution is -2.91. The van der Waals surface area contributed by atoms with Crippen molar-refractivity contribution >= 4 is 5.97 Å². The second kappa shape index (κ2) is 8.00. The van der Waals surface area contributed by atoms with Gasteiger partial charge in [-0.25, -0.2) is 4.79 Å². The first kappa shape index (κ1) is 15.8. The molecule has 0 aliphatic heterocycles. The van der Waals surface area contributed by atoms with Gasteiger partial charge in [0.05, 0.1) is 18.7 Å². The summed E-state index contributed by atoms with van der Waals surface area (Å²) in [5.41, 5.74) is 0.486. The molecule has 0 heterocycles. The lowest BCUT2D eigenvalue weighted by atomic mass is 10.2. The predicted octanol–water partition coefficient (Wildman–Crippen LogP) is 0.719. The van der Waals surface area contributed by atoms with E-state index < -0.39 is 6.10 Å². The van der Waals surface area contributed by atoms with E-state index in [1.807, 2.05) is 0 Å². The minimum Gasteiger partial charge on any atom is -0.491 e. The van der Waals surface area contributed by atoms with Crippen LogP contribution in [-0.2, 0) is 4.74 Å². The minimum absolute atomic E-state index is 0.265. The van der Waals surface area contributed by atoms with Crippen molar-refractivity contribution in [3.8, 4) is 5.75 Å². The molecular weight excluding hydrogens is 270 g/mol. The van der Waals surface area contributed by atoms with Crippen LogP contribution in [0.25, 0.3) is 0 Å². The number of ether oxygens (including phenoxy) is 2. The van der Waals surface area contributed by atoms with E-state index in [1.165, 1.54) is 32.8 Å². The summed E-state index contributed by atoms with van der Waals surface area (Å²) >= 11 is 0. The Labute approximate surface area is 125 Å². The molecule has 5 nitrogen and oxygen atoms in total. The van der Waals surface area contributed by atoms with Crippen LogP contribution < -0.4 is 10.1 Å². The standard InChI is InChI=1S/C16H23NO4/c1-20-16(19)12-6-8-15(9-7-12)21-11-14(18)10-17-13-4-2-3-5-13/h6-9,13-14,17-18H,2-5,10-11H2,1H3/p+1/t14-/m0/s1. The second-order valence-corrected chi connectivity index (χ2v) is 5.50. The number of carbonyl (C=O) groups is 1. The van der Waals surface area contributed by atoms with Crippen LogP contribution in [0.1, 0.15) is 36.0 Å². The molecule has 1 aromatic rings. The summed E-state index contributed by atoms with van der Waals surface area (Å²) in [5, 5.41) is 12.1. The van der Waals surface area contributed by atoms with E-state index in [2.05, 4.69) is 10.1 Å². The quantitative estimate of drug-likeness (QED) is 0.727. The van der Waals surface area contributed by atoms with E-state index in [0.717, 1.165) is 0 Å². The zero-order valence-electron chi connectivity index (χ0n) is 12.5. The van der Waals surface area contributed by atoms with Gasteiger partial charge in [-0.2, -0.15) is 0 Å². The summed E-state index contributed by atoms with van der Waals surface area (Å²) in [6, 6.07) is 7.38. The molecule has 1 aromatic carbocycles. The molecule has 1 saturated carbocycles. The van der Waals surface area contributed by atoms with E-state index in [1.54, 1.807) is 24.3 Å². The number of benzene rings is 1. The van der Waals surface area contributed by atoms with Crippen LogP contribution in [0.15, 0.2) is 24.3 Å². The maximum Gasteiger partial charge on any atom is 0.337 e. The molecule has 0 aromatic heterocycles. The fourth-order valence-corrected chi connectivity index (χ4v) is 2.61. The summed E-state index contributed by atoms with van der Waals surface area (Å²) in [4.78, 5) is 11.3. The van der Waals surface area contributed by atoms with Crippen molar-refractivity contribution in [2.24, 2.45) is 0 Å². The van der Waals surface area contributed by atoms with Gasteiger partial charge < -0.3 is 19.9 Å². The summed E-state index contributed by atoms with van der Waals surface area (Å²) in [5.74, 6) is 0.273. The Kier molecular flexibility index (Phi) is 6.02. The highest BCUT2D eigenvalue weighted by Gasteiger charge is 2.19. The summed E-state index contributed by atoms with van der Waals surface area (Å²) in [6.07, 6.45) is 4.64. The van der Waals surface area contributed by atoms with Crippen LogP contribution in [0.4, 0.5) is 0 Å². The fourth-order valence-electron chi connectivity index (χ4n) is 2.61. The van der Waals surface area contributed by atoms with Gasteiger partial charge in [0.25, 0.3) is 0 Å². The third-order valence-corrected chi connectivity index (χ3v) is 3.86. The number of aliphatic hydroxyl groups excluding tert-OH is 1. The SMILES string of the molecule is COC(=O)c1ccc(OC[C@@H](O)C[NH2+]C2CCCC2)cc1. The van der Waals surface area contributed by atoms with E-state index in [0.29, 0.717) is 23.9 Å². The van der Waals surface area contributed by atoms with Crippen molar-refractivity contribution in [2.75, 3.05) is 20.3 Å². The lowest BCUT2D eigenvalue weighted by Gasteiger charge is -2.14.